The van der Waals surface area contributed by atoms with E-state index in [9.17, 15) is 0 Å². The van der Waals surface area contributed by atoms with Crippen LogP contribution in [0.1, 0.15) is 64.0 Å². The van der Waals surface area contributed by atoms with Crippen molar-refractivity contribution in [3.8, 4) is 0 Å². The lowest BCUT2D eigenvalue weighted by molar-refractivity contribution is 0.0298. The van der Waals surface area contributed by atoms with Gasteiger partial charge in [-0.15, -0.1) is 0 Å². The Labute approximate surface area is 179 Å². The predicted molar refractivity (Wildman–Crippen MR) is 123 cm³/mol. The Hall–Kier alpha value is -0.940. The second-order valence-corrected chi connectivity index (χ2v) is 8.93. The van der Waals surface area contributed by atoms with Crippen LogP contribution in [0.3, 0.4) is 0 Å². The molecule has 0 radical (unpaired) electrons. The summed E-state index contributed by atoms with van der Waals surface area (Å²) in [5.74, 6) is 1.43. The average molecular weight is 405 g/mol. The number of benzene rings is 1. The topological polar surface area (TPSA) is 24.9 Å². The van der Waals surface area contributed by atoms with E-state index in [0.717, 1.165) is 71.4 Å². The van der Waals surface area contributed by atoms with Crippen molar-refractivity contribution in [3.63, 3.8) is 0 Å². The van der Waals surface area contributed by atoms with Gasteiger partial charge in [0, 0.05) is 45.9 Å². The molecule has 0 saturated carbocycles. The second kappa shape index (κ2) is 14.1. The number of hydrogen-bond acceptors (Lipinski definition) is 4. The molecule has 4 heteroatoms. The predicted octanol–water partition coefficient (Wildman–Crippen LogP) is 4.79. The van der Waals surface area contributed by atoms with Crippen molar-refractivity contribution in [3.05, 3.63) is 35.4 Å². The second-order valence-electron chi connectivity index (χ2n) is 8.93. The Morgan fingerprint density at radius 2 is 1.45 bits per heavy atom. The quantitative estimate of drug-likeness (QED) is 0.416. The highest BCUT2D eigenvalue weighted by atomic mass is 16.5. The molecule has 166 valence electrons. The van der Waals surface area contributed by atoms with Crippen molar-refractivity contribution in [1.82, 2.24) is 9.80 Å². The van der Waals surface area contributed by atoms with Gasteiger partial charge in [0.1, 0.15) is 0 Å². The summed E-state index contributed by atoms with van der Waals surface area (Å²) in [5.41, 5.74) is 2.89. The van der Waals surface area contributed by atoms with Crippen LogP contribution in [-0.2, 0) is 16.0 Å². The van der Waals surface area contributed by atoms with Crippen LogP contribution in [0.4, 0.5) is 0 Å². The van der Waals surface area contributed by atoms with E-state index in [2.05, 4.69) is 61.8 Å². The minimum atomic E-state index is 0.659. The summed E-state index contributed by atoms with van der Waals surface area (Å²) in [6.07, 6.45) is 3.61. The summed E-state index contributed by atoms with van der Waals surface area (Å²) in [5, 5.41) is 0. The highest BCUT2D eigenvalue weighted by molar-refractivity contribution is 5.25. The third kappa shape index (κ3) is 10.1. The molecule has 2 rings (SSSR count). The third-order valence-electron chi connectivity index (χ3n) is 6.03. The molecule has 4 nitrogen and oxygen atoms in total. The largest absolute Gasteiger partial charge is 0.379 e. The highest BCUT2D eigenvalue weighted by Crippen LogP contribution is 2.19. The van der Waals surface area contributed by atoms with E-state index < -0.39 is 0 Å². The van der Waals surface area contributed by atoms with Crippen LogP contribution in [-0.4, -0.2) is 69.0 Å². The first-order valence-corrected chi connectivity index (χ1v) is 11.8. The average Bonchev–Trinajstić information content (AvgIpc) is 2.73. The molecule has 0 aliphatic carbocycles. The Bertz CT molecular complexity index is 524. The molecule has 29 heavy (non-hydrogen) atoms. The fourth-order valence-corrected chi connectivity index (χ4v) is 3.73. The first-order valence-electron chi connectivity index (χ1n) is 11.8. The molecule has 1 atom stereocenters. The maximum atomic E-state index is 5.75. The minimum Gasteiger partial charge on any atom is -0.379 e. The van der Waals surface area contributed by atoms with Crippen molar-refractivity contribution >= 4 is 0 Å². The van der Waals surface area contributed by atoms with E-state index in [4.69, 9.17) is 9.47 Å². The Balaban J connectivity index is 1.50. The zero-order valence-corrected chi connectivity index (χ0v) is 19.4. The number of piperazine rings is 1. The normalized spacial score (nSPS) is 17.1. The molecule has 1 aliphatic heterocycles. The van der Waals surface area contributed by atoms with Crippen LogP contribution >= 0.6 is 0 Å². The van der Waals surface area contributed by atoms with Gasteiger partial charge in [-0.3, -0.25) is 9.80 Å². The molecule has 1 heterocycles. The van der Waals surface area contributed by atoms with Crippen molar-refractivity contribution in [2.75, 3.05) is 59.2 Å². The van der Waals surface area contributed by atoms with Gasteiger partial charge in [-0.1, -0.05) is 52.0 Å². The Kier molecular flexibility index (Phi) is 11.9. The lowest BCUT2D eigenvalue weighted by Gasteiger charge is -2.34. The summed E-state index contributed by atoms with van der Waals surface area (Å²) < 4.78 is 11.4. The van der Waals surface area contributed by atoms with E-state index in [1.807, 2.05) is 0 Å². The minimum absolute atomic E-state index is 0.659. The van der Waals surface area contributed by atoms with Crippen molar-refractivity contribution in [2.24, 2.45) is 5.92 Å². The molecule has 1 unspecified atom stereocenters. The third-order valence-corrected chi connectivity index (χ3v) is 6.03. The van der Waals surface area contributed by atoms with Crippen LogP contribution < -0.4 is 0 Å². The van der Waals surface area contributed by atoms with Gasteiger partial charge in [-0.25, -0.2) is 0 Å². The highest BCUT2D eigenvalue weighted by Gasteiger charge is 2.16. The Morgan fingerprint density at radius 1 is 0.828 bits per heavy atom. The van der Waals surface area contributed by atoms with Crippen LogP contribution in [0.5, 0.6) is 0 Å². The molecular weight excluding hydrogens is 360 g/mol. The van der Waals surface area contributed by atoms with Crippen molar-refractivity contribution in [1.29, 1.82) is 0 Å². The molecule has 1 aliphatic rings. The molecule has 0 N–H and O–H groups in total. The zero-order chi connectivity index (χ0) is 20.9. The maximum absolute atomic E-state index is 5.75. The lowest BCUT2D eigenvalue weighted by atomic mass is 9.97. The van der Waals surface area contributed by atoms with E-state index in [1.54, 1.807) is 0 Å². The number of rotatable bonds is 14. The molecule has 1 aromatic rings. The van der Waals surface area contributed by atoms with Crippen LogP contribution in [0.15, 0.2) is 24.3 Å². The summed E-state index contributed by atoms with van der Waals surface area (Å²) in [6.45, 7) is 18.9. The molecule has 0 aromatic heterocycles. The van der Waals surface area contributed by atoms with Crippen LogP contribution in [0.25, 0.3) is 0 Å². The lowest BCUT2D eigenvalue weighted by Crippen LogP contribution is -2.46. The summed E-state index contributed by atoms with van der Waals surface area (Å²) in [6, 6.07) is 9.25. The van der Waals surface area contributed by atoms with Gasteiger partial charge in [0.05, 0.1) is 19.8 Å². The van der Waals surface area contributed by atoms with Crippen molar-refractivity contribution < 1.29 is 9.47 Å². The SMILES string of the molecule is CCC(C)c1ccc(CN2CCN(CCOCCOCCCC(C)C)CC2)cc1. The van der Waals surface area contributed by atoms with Gasteiger partial charge in [0.15, 0.2) is 0 Å². The summed E-state index contributed by atoms with van der Waals surface area (Å²) in [7, 11) is 0. The fraction of sp³-hybridized carbons (Fsp3) is 0.760. The first kappa shape index (κ1) is 24.3. The molecule has 1 fully saturated rings. The van der Waals surface area contributed by atoms with E-state index >= 15 is 0 Å². The summed E-state index contributed by atoms with van der Waals surface area (Å²) >= 11 is 0. The summed E-state index contributed by atoms with van der Waals surface area (Å²) in [4.78, 5) is 5.09. The smallest absolute Gasteiger partial charge is 0.0701 e. The Morgan fingerprint density at radius 3 is 2.07 bits per heavy atom. The van der Waals surface area contributed by atoms with Gasteiger partial charge in [0.25, 0.3) is 0 Å². The van der Waals surface area contributed by atoms with Gasteiger partial charge in [0.2, 0.25) is 0 Å². The van der Waals surface area contributed by atoms with E-state index in [-0.39, 0.29) is 0 Å². The maximum Gasteiger partial charge on any atom is 0.0701 e. The number of ether oxygens (including phenoxy) is 2. The van der Waals surface area contributed by atoms with E-state index in [1.165, 1.54) is 24.0 Å². The fourth-order valence-electron chi connectivity index (χ4n) is 3.73. The molecule has 1 saturated heterocycles. The van der Waals surface area contributed by atoms with Crippen LogP contribution in [0.2, 0.25) is 0 Å². The molecule has 0 amide bonds. The first-order chi connectivity index (χ1) is 14.1. The monoisotopic (exact) mass is 404 g/mol. The van der Waals surface area contributed by atoms with Crippen LogP contribution in [0, 0.1) is 5.92 Å². The number of nitrogens with zero attached hydrogens (tertiary/aromatic N) is 2. The molecule has 1 aromatic carbocycles. The van der Waals surface area contributed by atoms with Gasteiger partial charge < -0.3 is 9.47 Å². The van der Waals surface area contributed by atoms with Crippen molar-refractivity contribution in [2.45, 2.75) is 59.4 Å². The zero-order valence-electron chi connectivity index (χ0n) is 19.4. The van der Waals surface area contributed by atoms with Gasteiger partial charge in [-0.05, 0) is 42.2 Å². The number of hydrogen-bond donors (Lipinski definition) is 0. The van der Waals surface area contributed by atoms with Gasteiger partial charge in [-0.2, -0.15) is 0 Å². The molecule has 0 spiro atoms. The molecule has 0 bridgehead atoms. The standard InChI is InChI=1S/C25H44N2O2/c1-5-23(4)25-10-8-24(9-11-25)21-27-14-12-26(13-15-27)16-18-29-20-19-28-17-6-7-22(2)3/h8-11,22-23H,5-7,12-21H2,1-4H3. The molecular formula is C25H44N2O2. The van der Waals surface area contributed by atoms with Gasteiger partial charge >= 0.3 is 0 Å². The van der Waals surface area contributed by atoms with E-state index in [0.29, 0.717) is 12.5 Å².